The lowest BCUT2D eigenvalue weighted by molar-refractivity contribution is 0.0531. The molecule has 0 spiro atoms. The van der Waals surface area contributed by atoms with Crippen LogP contribution >= 0.6 is 27.3 Å². The van der Waals surface area contributed by atoms with Gasteiger partial charge >= 0.3 is 5.97 Å². The summed E-state index contributed by atoms with van der Waals surface area (Å²) in [4.78, 5) is 16.4. The Hall–Kier alpha value is -2.13. The molecule has 0 saturated heterocycles. The smallest absolute Gasteiger partial charge is 0.350 e. The zero-order valence-corrected chi connectivity index (χ0v) is 15.7. The Bertz CT molecular complexity index is 776. The maximum absolute atomic E-state index is 11.8. The molecule has 7 nitrogen and oxygen atoms in total. The monoisotopic (exact) mass is 413 g/mol. The Balaban J connectivity index is 2.11. The SMILES string of the molecule is CCOC(=O)c1sc(N/N=C\c2ccc(OC)c(O)c2Br)nc1C. The first-order chi connectivity index (χ1) is 11.5. The number of hydrazone groups is 1. The number of nitrogens with one attached hydrogen (secondary N) is 1. The molecule has 0 aliphatic heterocycles. The predicted molar refractivity (Wildman–Crippen MR) is 96.4 cm³/mol. The Kier molecular flexibility index (Phi) is 6.16. The van der Waals surface area contributed by atoms with Crippen molar-refractivity contribution in [3.8, 4) is 11.5 Å². The van der Waals surface area contributed by atoms with Gasteiger partial charge in [-0.3, -0.25) is 5.43 Å². The number of benzene rings is 1. The van der Waals surface area contributed by atoms with Crippen LogP contribution in [0.15, 0.2) is 21.7 Å². The summed E-state index contributed by atoms with van der Waals surface area (Å²) in [5, 5.41) is 14.5. The molecule has 0 atom stereocenters. The normalized spacial score (nSPS) is 10.8. The highest BCUT2D eigenvalue weighted by molar-refractivity contribution is 9.10. The molecule has 0 unspecified atom stereocenters. The second-order valence-electron chi connectivity index (χ2n) is 4.54. The number of hydrogen-bond acceptors (Lipinski definition) is 8. The summed E-state index contributed by atoms with van der Waals surface area (Å²) in [7, 11) is 1.47. The largest absolute Gasteiger partial charge is 0.503 e. The molecule has 0 bridgehead atoms. The van der Waals surface area contributed by atoms with Crippen LogP contribution in [-0.4, -0.2) is 36.0 Å². The van der Waals surface area contributed by atoms with Crippen LogP contribution in [0.2, 0.25) is 0 Å². The van der Waals surface area contributed by atoms with Crippen LogP contribution in [0.3, 0.4) is 0 Å². The fraction of sp³-hybridized carbons (Fsp3) is 0.267. The molecular weight excluding hydrogens is 398 g/mol. The predicted octanol–water partition coefficient (Wildman–Crippen LogP) is 3.55. The number of aromatic nitrogens is 1. The first kappa shape index (κ1) is 18.2. The van der Waals surface area contributed by atoms with Crippen LogP contribution in [-0.2, 0) is 4.74 Å². The number of aryl methyl sites for hydroxylation is 1. The van der Waals surface area contributed by atoms with E-state index in [0.29, 0.717) is 38.1 Å². The quantitative estimate of drug-likeness (QED) is 0.427. The average molecular weight is 414 g/mol. The second kappa shape index (κ2) is 8.11. The number of nitrogens with zero attached hydrogens (tertiary/aromatic N) is 2. The summed E-state index contributed by atoms with van der Waals surface area (Å²) >= 11 is 4.45. The molecule has 128 valence electrons. The summed E-state index contributed by atoms with van der Waals surface area (Å²) in [6.45, 7) is 3.79. The molecule has 0 radical (unpaired) electrons. The number of thiazole rings is 1. The van der Waals surface area contributed by atoms with Crippen molar-refractivity contribution in [2.75, 3.05) is 19.1 Å². The van der Waals surface area contributed by atoms with Crippen molar-refractivity contribution in [3.63, 3.8) is 0 Å². The summed E-state index contributed by atoms with van der Waals surface area (Å²) < 4.78 is 10.5. The minimum atomic E-state index is -0.396. The molecule has 2 N–H and O–H groups in total. The van der Waals surface area contributed by atoms with E-state index in [1.54, 1.807) is 26.0 Å². The van der Waals surface area contributed by atoms with E-state index in [2.05, 4.69) is 31.4 Å². The number of hydrogen-bond donors (Lipinski definition) is 2. The molecule has 0 aliphatic carbocycles. The number of esters is 1. The van der Waals surface area contributed by atoms with Gasteiger partial charge in [-0.25, -0.2) is 9.78 Å². The van der Waals surface area contributed by atoms with E-state index in [1.807, 2.05) is 0 Å². The van der Waals surface area contributed by atoms with E-state index in [-0.39, 0.29) is 5.75 Å². The molecule has 1 aromatic heterocycles. The van der Waals surface area contributed by atoms with Gasteiger partial charge < -0.3 is 14.6 Å². The maximum atomic E-state index is 11.8. The van der Waals surface area contributed by atoms with Gasteiger partial charge in [-0.05, 0) is 41.9 Å². The standard InChI is InChI=1S/C15H16BrN3O4S/c1-4-23-14(21)13-8(2)18-15(24-13)19-17-7-9-5-6-10(22-3)12(20)11(9)16/h5-7,20H,4H2,1-3H3,(H,18,19)/b17-7-. The first-order valence-corrected chi connectivity index (χ1v) is 8.58. The number of anilines is 1. The Morgan fingerprint density at radius 1 is 1.54 bits per heavy atom. The van der Waals surface area contributed by atoms with E-state index in [1.165, 1.54) is 13.3 Å². The highest BCUT2D eigenvalue weighted by atomic mass is 79.9. The van der Waals surface area contributed by atoms with E-state index >= 15 is 0 Å². The lowest BCUT2D eigenvalue weighted by Crippen LogP contribution is -2.03. The van der Waals surface area contributed by atoms with Crippen LogP contribution in [0.4, 0.5) is 5.13 Å². The van der Waals surface area contributed by atoms with Crippen molar-refractivity contribution in [1.29, 1.82) is 0 Å². The third kappa shape index (κ3) is 4.04. The number of carbonyl (C=O) groups excluding carboxylic acids is 1. The highest BCUT2D eigenvalue weighted by Gasteiger charge is 2.16. The molecule has 1 heterocycles. The van der Waals surface area contributed by atoms with Crippen LogP contribution in [0.25, 0.3) is 0 Å². The van der Waals surface area contributed by atoms with Crippen LogP contribution < -0.4 is 10.2 Å². The van der Waals surface area contributed by atoms with Crippen molar-refractivity contribution in [2.24, 2.45) is 5.10 Å². The van der Waals surface area contributed by atoms with Gasteiger partial charge in [0.2, 0.25) is 5.13 Å². The van der Waals surface area contributed by atoms with Gasteiger partial charge in [-0.1, -0.05) is 11.3 Å². The van der Waals surface area contributed by atoms with E-state index in [9.17, 15) is 9.90 Å². The molecular formula is C15H16BrN3O4S. The van der Waals surface area contributed by atoms with E-state index in [0.717, 1.165) is 11.3 Å². The summed E-state index contributed by atoms with van der Waals surface area (Å²) in [6.07, 6.45) is 1.52. The van der Waals surface area contributed by atoms with Gasteiger partial charge in [0.05, 0.1) is 30.1 Å². The molecule has 2 rings (SSSR count). The summed E-state index contributed by atoms with van der Waals surface area (Å²) in [6, 6.07) is 3.37. The van der Waals surface area contributed by atoms with Crippen molar-refractivity contribution >= 4 is 44.6 Å². The molecule has 0 aliphatic rings. The van der Waals surface area contributed by atoms with Crippen molar-refractivity contribution in [2.45, 2.75) is 13.8 Å². The Labute approximate surface area is 151 Å². The van der Waals surface area contributed by atoms with Gasteiger partial charge in [0.1, 0.15) is 4.88 Å². The third-order valence-corrected chi connectivity index (χ3v) is 4.83. The van der Waals surface area contributed by atoms with Crippen LogP contribution in [0.5, 0.6) is 11.5 Å². The molecule has 9 heteroatoms. The van der Waals surface area contributed by atoms with Crippen LogP contribution in [0, 0.1) is 6.92 Å². The fourth-order valence-corrected chi connectivity index (χ4v) is 3.05. The number of carbonyl (C=O) groups is 1. The van der Waals surface area contributed by atoms with Crippen LogP contribution in [0.1, 0.15) is 27.9 Å². The van der Waals surface area contributed by atoms with E-state index in [4.69, 9.17) is 9.47 Å². The fourth-order valence-electron chi connectivity index (χ4n) is 1.81. The molecule has 0 amide bonds. The number of methoxy groups -OCH3 is 1. The van der Waals surface area contributed by atoms with Crippen molar-refractivity contribution < 1.29 is 19.4 Å². The van der Waals surface area contributed by atoms with Gasteiger partial charge in [0.15, 0.2) is 11.5 Å². The molecule has 0 fully saturated rings. The number of rotatable bonds is 6. The molecule has 2 aromatic rings. The lowest BCUT2D eigenvalue weighted by Gasteiger charge is -2.06. The summed E-state index contributed by atoms with van der Waals surface area (Å²) in [5.41, 5.74) is 4.00. The van der Waals surface area contributed by atoms with Gasteiger partial charge in [0.25, 0.3) is 0 Å². The van der Waals surface area contributed by atoms with Gasteiger partial charge in [-0.15, -0.1) is 0 Å². The minimum Gasteiger partial charge on any atom is -0.503 e. The zero-order chi connectivity index (χ0) is 17.7. The first-order valence-electron chi connectivity index (χ1n) is 6.97. The summed E-state index contributed by atoms with van der Waals surface area (Å²) in [5.74, 6) is -0.0369. The van der Waals surface area contributed by atoms with Gasteiger partial charge in [0, 0.05) is 5.56 Å². The number of halogens is 1. The number of aromatic hydroxyl groups is 1. The highest BCUT2D eigenvalue weighted by Crippen LogP contribution is 2.35. The number of ether oxygens (including phenoxy) is 2. The van der Waals surface area contributed by atoms with E-state index < -0.39 is 5.97 Å². The minimum absolute atomic E-state index is 0.00357. The zero-order valence-electron chi connectivity index (χ0n) is 13.3. The van der Waals surface area contributed by atoms with Crippen molar-refractivity contribution in [1.82, 2.24) is 4.98 Å². The van der Waals surface area contributed by atoms with Gasteiger partial charge in [-0.2, -0.15) is 5.10 Å². The molecule has 1 aromatic carbocycles. The average Bonchev–Trinajstić information content (AvgIpc) is 2.93. The molecule has 24 heavy (non-hydrogen) atoms. The lowest BCUT2D eigenvalue weighted by atomic mass is 10.2. The van der Waals surface area contributed by atoms with Crippen molar-refractivity contribution in [3.05, 3.63) is 32.7 Å². The number of phenolic OH excluding ortho intramolecular Hbond substituents is 1. The molecule has 0 saturated carbocycles. The third-order valence-electron chi connectivity index (χ3n) is 2.95. The maximum Gasteiger partial charge on any atom is 0.350 e. The number of phenols is 1. The Morgan fingerprint density at radius 3 is 2.96 bits per heavy atom. The Morgan fingerprint density at radius 2 is 2.29 bits per heavy atom. The second-order valence-corrected chi connectivity index (χ2v) is 6.34. The topological polar surface area (TPSA) is 93.0 Å².